The lowest BCUT2D eigenvalue weighted by molar-refractivity contribution is 0.809. The largest absolute Gasteiger partial charge is 0.122 e. The van der Waals surface area contributed by atoms with Crippen LogP contribution >= 0.6 is 11.8 Å². The van der Waals surface area contributed by atoms with E-state index in [4.69, 9.17) is 0 Å². The summed E-state index contributed by atoms with van der Waals surface area (Å²) in [4.78, 5) is 1.42. The summed E-state index contributed by atoms with van der Waals surface area (Å²) >= 11 is 1.97. The van der Waals surface area contributed by atoms with Gasteiger partial charge in [-0.2, -0.15) is 0 Å². The van der Waals surface area contributed by atoms with Gasteiger partial charge in [0, 0.05) is 4.91 Å². The molecule has 0 spiro atoms. The zero-order valence-electron chi connectivity index (χ0n) is 11.8. The molecule has 1 rings (SSSR count). The molecule has 0 saturated carbocycles. The van der Waals surface area contributed by atoms with Crippen LogP contribution in [0.25, 0.3) is 5.57 Å². The van der Waals surface area contributed by atoms with Crippen molar-refractivity contribution in [3.63, 3.8) is 0 Å². The topological polar surface area (TPSA) is 0 Å². The average Bonchev–Trinajstić information content (AvgIpc) is 2.42. The van der Waals surface area contributed by atoms with Gasteiger partial charge in [-0.05, 0) is 43.1 Å². The summed E-state index contributed by atoms with van der Waals surface area (Å²) in [6.45, 7) is 6.64. The Hall–Kier alpha value is -0.910. The fourth-order valence-electron chi connectivity index (χ4n) is 1.70. The van der Waals surface area contributed by atoms with Crippen LogP contribution in [0.4, 0.5) is 0 Å². The lowest BCUT2D eigenvalue weighted by atomic mass is 10.1. The summed E-state index contributed by atoms with van der Waals surface area (Å²) in [6.07, 6.45) is 4.92. The van der Waals surface area contributed by atoms with E-state index in [9.17, 15) is 0 Å². The molecule has 0 aliphatic rings. The molecule has 0 bridgehead atoms. The minimum atomic E-state index is 1.17. The van der Waals surface area contributed by atoms with Crippen LogP contribution in [0.15, 0.2) is 41.0 Å². The summed E-state index contributed by atoms with van der Waals surface area (Å²) in [5.41, 5.74) is 6.14. The fourth-order valence-corrected chi connectivity index (χ4v) is 2.67. The number of unbranched alkanes of at least 4 members (excludes halogenated alkanes) is 1. The summed E-state index contributed by atoms with van der Waals surface area (Å²) < 4.78 is 0. The van der Waals surface area contributed by atoms with Gasteiger partial charge in [-0.25, -0.2) is 0 Å². The van der Waals surface area contributed by atoms with E-state index in [2.05, 4.69) is 56.8 Å². The third kappa shape index (κ3) is 5.62. The second-order valence-corrected chi connectivity index (χ2v) is 5.68. The van der Waals surface area contributed by atoms with E-state index in [0.29, 0.717) is 0 Å². The van der Waals surface area contributed by atoms with Crippen molar-refractivity contribution in [1.82, 2.24) is 0 Å². The van der Waals surface area contributed by atoms with Crippen molar-refractivity contribution in [2.24, 2.45) is 0 Å². The standard InChI is InChI=1S/C17H24S/c1-4-6-12-17(18-13-5-2)14-15(3)16-10-8-7-9-11-16/h7-11H,4-6,12-13H2,1-3H3. The van der Waals surface area contributed by atoms with Gasteiger partial charge >= 0.3 is 0 Å². The molecule has 0 fully saturated rings. The predicted octanol–water partition coefficient (Wildman–Crippen LogP) is 5.91. The number of hydrogen-bond donors (Lipinski definition) is 0. The van der Waals surface area contributed by atoms with Gasteiger partial charge in [-0.3, -0.25) is 0 Å². The number of rotatable bonds is 7. The molecule has 98 valence electrons. The van der Waals surface area contributed by atoms with Crippen molar-refractivity contribution in [3.05, 3.63) is 46.5 Å². The first-order valence-corrected chi connectivity index (χ1v) is 7.91. The van der Waals surface area contributed by atoms with Gasteiger partial charge < -0.3 is 0 Å². The van der Waals surface area contributed by atoms with E-state index in [-0.39, 0.29) is 0 Å². The SMILES string of the molecule is CCCCC(=C=C(C)c1ccccc1)SCCC. The highest BCUT2D eigenvalue weighted by Gasteiger charge is 1.98. The van der Waals surface area contributed by atoms with Crippen LogP contribution in [0, 0.1) is 0 Å². The zero-order chi connectivity index (χ0) is 13.2. The molecule has 0 saturated heterocycles. The molecular weight excluding hydrogens is 236 g/mol. The molecule has 0 amide bonds. The Balaban J connectivity index is 2.89. The number of allylic oxidation sites excluding steroid dienone is 1. The molecular formula is C17H24S. The molecule has 0 nitrogen and oxygen atoms in total. The minimum Gasteiger partial charge on any atom is -0.122 e. The van der Waals surface area contributed by atoms with Crippen LogP contribution in [-0.2, 0) is 0 Å². The van der Waals surface area contributed by atoms with Gasteiger partial charge in [0.05, 0.1) is 0 Å². The maximum atomic E-state index is 3.60. The zero-order valence-corrected chi connectivity index (χ0v) is 12.6. The molecule has 0 aliphatic carbocycles. The van der Waals surface area contributed by atoms with E-state index in [1.165, 1.54) is 47.5 Å². The Labute approximate surface area is 116 Å². The lowest BCUT2D eigenvalue weighted by Crippen LogP contribution is -1.82. The first-order chi connectivity index (χ1) is 8.77. The maximum absolute atomic E-state index is 3.60. The van der Waals surface area contributed by atoms with Gasteiger partial charge in [-0.15, -0.1) is 17.5 Å². The van der Waals surface area contributed by atoms with E-state index < -0.39 is 0 Å². The summed E-state index contributed by atoms with van der Waals surface area (Å²) in [5, 5.41) is 0. The molecule has 0 aliphatic heterocycles. The summed E-state index contributed by atoms with van der Waals surface area (Å²) in [5.74, 6) is 1.20. The van der Waals surface area contributed by atoms with Crippen LogP contribution in [0.1, 0.15) is 52.0 Å². The number of benzene rings is 1. The monoisotopic (exact) mass is 260 g/mol. The van der Waals surface area contributed by atoms with Crippen LogP contribution in [-0.4, -0.2) is 5.75 Å². The second-order valence-electron chi connectivity index (χ2n) is 4.49. The Bertz CT molecular complexity index is 387. The van der Waals surface area contributed by atoms with Crippen molar-refractivity contribution in [1.29, 1.82) is 0 Å². The van der Waals surface area contributed by atoms with Crippen LogP contribution < -0.4 is 0 Å². The van der Waals surface area contributed by atoms with Gasteiger partial charge in [0.1, 0.15) is 0 Å². The van der Waals surface area contributed by atoms with Crippen LogP contribution in [0.3, 0.4) is 0 Å². The highest BCUT2D eigenvalue weighted by atomic mass is 32.2. The fraction of sp³-hybridized carbons (Fsp3) is 0.471. The van der Waals surface area contributed by atoms with Gasteiger partial charge in [0.2, 0.25) is 0 Å². The first-order valence-electron chi connectivity index (χ1n) is 6.92. The molecule has 18 heavy (non-hydrogen) atoms. The van der Waals surface area contributed by atoms with Crippen LogP contribution in [0.5, 0.6) is 0 Å². The molecule has 0 radical (unpaired) electrons. The molecule has 0 N–H and O–H groups in total. The molecule has 0 atom stereocenters. The summed E-state index contributed by atoms with van der Waals surface area (Å²) in [7, 11) is 0. The van der Waals surface area contributed by atoms with Crippen molar-refractivity contribution in [2.45, 2.75) is 46.5 Å². The molecule has 0 heterocycles. The Kier molecular flexibility index (Phi) is 7.64. The summed E-state index contributed by atoms with van der Waals surface area (Å²) in [6, 6.07) is 10.6. The van der Waals surface area contributed by atoms with E-state index in [1.54, 1.807) is 0 Å². The maximum Gasteiger partial charge on any atom is 0.0268 e. The molecule has 0 unspecified atom stereocenters. The van der Waals surface area contributed by atoms with Crippen LogP contribution in [0.2, 0.25) is 0 Å². The first kappa shape index (κ1) is 15.1. The normalized spacial score (nSPS) is 9.94. The van der Waals surface area contributed by atoms with Gasteiger partial charge in [0.25, 0.3) is 0 Å². The highest BCUT2D eigenvalue weighted by molar-refractivity contribution is 8.03. The lowest BCUT2D eigenvalue weighted by Gasteiger charge is -2.04. The van der Waals surface area contributed by atoms with E-state index in [1.807, 2.05) is 11.8 Å². The Morgan fingerprint density at radius 2 is 1.83 bits per heavy atom. The quantitative estimate of drug-likeness (QED) is 0.549. The third-order valence-electron chi connectivity index (χ3n) is 2.77. The highest BCUT2D eigenvalue weighted by Crippen LogP contribution is 2.23. The predicted molar refractivity (Wildman–Crippen MR) is 84.8 cm³/mol. The van der Waals surface area contributed by atoms with Gasteiger partial charge in [0.15, 0.2) is 0 Å². The Morgan fingerprint density at radius 1 is 1.11 bits per heavy atom. The Morgan fingerprint density at radius 3 is 2.44 bits per heavy atom. The average molecular weight is 260 g/mol. The number of thioether (sulfide) groups is 1. The van der Waals surface area contributed by atoms with Crippen molar-refractivity contribution < 1.29 is 0 Å². The molecule has 1 heteroatoms. The smallest absolute Gasteiger partial charge is 0.0268 e. The van der Waals surface area contributed by atoms with E-state index >= 15 is 0 Å². The van der Waals surface area contributed by atoms with E-state index in [0.717, 1.165) is 0 Å². The molecule has 0 aromatic heterocycles. The second kappa shape index (κ2) is 9.08. The molecule has 1 aromatic rings. The van der Waals surface area contributed by atoms with Crippen molar-refractivity contribution in [3.8, 4) is 0 Å². The minimum absolute atomic E-state index is 1.17. The third-order valence-corrected chi connectivity index (χ3v) is 4.04. The number of hydrogen-bond acceptors (Lipinski definition) is 1. The van der Waals surface area contributed by atoms with Gasteiger partial charge in [-0.1, -0.05) is 50.6 Å². The van der Waals surface area contributed by atoms with Crippen molar-refractivity contribution >= 4 is 17.3 Å². The molecule has 1 aromatic carbocycles. The van der Waals surface area contributed by atoms with Crippen molar-refractivity contribution in [2.75, 3.05) is 5.75 Å².